The lowest BCUT2D eigenvalue weighted by molar-refractivity contribution is 0.0952. The largest absolute Gasteiger partial charge is 0.372 e. The van der Waals surface area contributed by atoms with Gasteiger partial charge in [-0.2, -0.15) is 0 Å². The minimum atomic E-state index is 0.0264. The highest BCUT2D eigenvalue weighted by molar-refractivity contribution is 5.95. The van der Waals surface area contributed by atoms with E-state index in [-0.39, 0.29) is 5.91 Å². The standard InChI is InChI=1S/C22H28N2O/c1-18-8-3-4-10-21(18)22(25)23-15-7-9-19-11-13-20(14-12-19)24-16-5-2-6-17-24/h3-4,8,10-14H,2,5-7,9,15-17H2,1H3,(H,23,25). The van der Waals surface area contributed by atoms with Gasteiger partial charge in [-0.25, -0.2) is 0 Å². The third-order valence-corrected chi connectivity index (χ3v) is 4.98. The summed E-state index contributed by atoms with van der Waals surface area (Å²) < 4.78 is 0. The molecule has 25 heavy (non-hydrogen) atoms. The van der Waals surface area contributed by atoms with Crippen LogP contribution in [-0.2, 0) is 6.42 Å². The molecule has 1 aliphatic heterocycles. The maximum Gasteiger partial charge on any atom is 0.251 e. The van der Waals surface area contributed by atoms with Crippen molar-refractivity contribution in [3.63, 3.8) is 0 Å². The predicted molar refractivity (Wildman–Crippen MR) is 104 cm³/mol. The van der Waals surface area contributed by atoms with Gasteiger partial charge in [0.15, 0.2) is 0 Å². The van der Waals surface area contributed by atoms with E-state index in [4.69, 9.17) is 0 Å². The molecule has 1 heterocycles. The number of anilines is 1. The summed E-state index contributed by atoms with van der Waals surface area (Å²) in [7, 11) is 0. The zero-order chi connectivity index (χ0) is 17.5. The van der Waals surface area contributed by atoms with E-state index in [1.54, 1.807) is 0 Å². The Morgan fingerprint density at radius 3 is 2.44 bits per heavy atom. The summed E-state index contributed by atoms with van der Waals surface area (Å²) in [4.78, 5) is 14.7. The maximum absolute atomic E-state index is 12.2. The lowest BCUT2D eigenvalue weighted by atomic mass is 10.1. The van der Waals surface area contributed by atoms with Gasteiger partial charge in [0.05, 0.1) is 0 Å². The molecule has 3 nitrogen and oxygen atoms in total. The van der Waals surface area contributed by atoms with E-state index in [2.05, 4.69) is 34.5 Å². The van der Waals surface area contributed by atoms with E-state index >= 15 is 0 Å². The zero-order valence-corrected chi connectivity index (χ0v) is 15.1. The Balaban J connectivity index is 1.43. The molecular formula is C22H28N2O. The Bertz CT molecular complexity index is 687. The number of nitrogens with one attached hydrogen (secondary N) is 1. The van der Waals surface area contributed by atoms with Gasteiger partial charge < -0.3 is 10.2 Å². The molecular weight excluding hydrogens is 308 g/mol. The molecule has 1 saturated heterocycles. The molecule has 2 aromatic carbocycles. The van der Waals surface area contributed by atoms with Crippen LogP contribution in [0.25, 0.3) is 0 Å². The minimum Gasteiger partial charge on any atom is -0.372 e. The Hall–Kier alpha value is -2.29. The smallest absolute Gasteiger partial charge is 0.251 e. The van der Waals surface area contributed by atoms with Gasteiger partial charge in [0.25, 0.3) is 5.91 Å². The van der Waals surface area contributed by atoms with Crippen LogP contribution in [0.4, 0.5) is 5.69 Å². The fourth-order valence-corrected chi connectivity index (χ4v) is 3.44. The Kier molecular flexibility index (Phi) is 6.10. The van der Waals surface area contributed by atoms with Crippen molar-refractivity contribution in [2.24, 2.45) is 0 Å². The summed E-state index contributed by atoms with van der Waals surface area (Å²) in [5.74, 6) is 0.0264. The van der Waals surface area contributed by atoms with Crippen molar-refractivity contribution in [2.75, 3.05) is 24.5 Å². The quantitative estimate of drug-likeness (QED) is 0.796. The molecule has 0 aliphatic carbocycles. The number of amides is 1. The van der Waals surface area contributed by atoms with Gasteiger partial charge in [-0.05, 0) is 68.4 Å². The molecule has 0 bridgehead atoms. The van der Waals surface area contributed by atoms with Crippen LogP contribution >= 0.6 is 0 Å². The Labute approximate surface area is 151 Å². The lowest BCUT2D eigenvalue weighted by Crippen LogP contribution is -2.29. The molecule has 0 spiro atoms. The summed E-state index contributed by atoms with van der Waals surface area (Å²) in [5, 5.41) is 3.03. The van der Waals surface area contributed by atoms with Gasteiger partial charge in [0.1, 0.15) is 0 Å². The summed E-state index contributed by atoms with van der Waals surface area (Å²) in [5.41, 5.74) is 4.48. The number of aryl methyl sites for hydroxylation is 2. The SMILES string of the molecule is Cc1ccccc1C(=O)NCCCc1ccc(N2CCCCC2)cc1. The molecule has 0 atom stereocenters. The van der Waals surface area contributed by atoms with Crippen LogP contribution in [0, 0.1) is 6.92 Å². The number of carbonyl (C=O) groups is 1. The fraction of sp³-hybridized carbons (Fsp3) is 0.409. The van der Waals surface area contributed by atoms with Crippen molar-refractivity contribution in [2.45, 2.75) is 39.0 Å². The first kappa shape index (κ1) is 17.5. The topological polar surface area (TPSA) is 32.3 Å². The molecule has 1 fully saturated rings. The van der Waals surface area contributed by atoms with Gasteiger partial charge in [-0.1, -0.05) is 30.3 Å². The number of hydrogen-bond acceptors (Lipinski definition) is 2. The van der Waals surface area contributed by atoms with Crippen molar-refractivity contribution in [1.29, 1.82) is 0 Å². The first-order chi connectivity index (χ1) is 12.2. The van der Waals surface area contributed by atoms with E-state index in [1.165, 1.54) is 43.6 Å². The lowest BCUT2D eigenvalue weighted by Gasteiger charge is -2.28. The van der Waals surface area contributed by atoms with Crippen LogP contribution in [0.15, 0.2) is 48.5 Å². The second-order valence-electron chi connectivity index (χ2n) is 6.89. The molecule has 1 amide bonds. The summed E-state index contributed by atoms with van der Waals surface area (Å²) in [6, 6.07) is 16.7. The van der Waals surface area contributed by atoms with E-state index in [9.17, 15) is 4.79 Å². The van der Waals surface area contributed by atoms with Crippen molar-refractivity contribution < 1.29 is 4.79 Å². The highest BCUT2D eigenvalue weighted by atomic mass is 16.1. The van der Waals surface area contributed by atoms with Crippen molar-refractivity contribution >= 4 is 11.6 Å². The summed E-state index contributed by atoms with van der Waals surface area (Å²) in [6.45, 7) is 5.05. The van der Waals surface area contributed by atoms with Gasteiger partial charge in [-0.15, -0.1) is 0 Å². The molecule has 1 N–H and O–H groups in total. The predicted octanol–water partition coefficient (Wildman–Crippen LogP) is 4.35. The van der Waals surface area contributed by atoms with Crippen LogP contribution in [0.3, 0.4) is 0 Å². The zero-order valence-electron chi connectivity index (χ0n) is 15.1. The molecule has 2 aromatic rings. The van der Waals surface area contributed by atoms with Gasteiger partial charge in [0.2, 0.25) is 0 Å². The number of benzene rings is 2. The maximum atomic E-state index is 12.2. The molecule has 3 heteroatoms. The summed E-state index contributed by atoms with van der Waals surface area (Å²) in [6.07, 6.45) is 5.93. The van der Waals surface area contributed by atoms with Crippen LogP contribution in [-0.4, -0.2) is 25.5 Å². The first-order valence-electron chi connectivity index (χ1n) is 9.42. The van der Waals surface area contributed by atoms with Crippen LogP contribution in [0.1, 0.15) is 47.2 Å². The van der Waals surface area contributed by atoms with Crippen LogP contribution in [0.5, 0.6) is 0 Å². The Morgan fingerprint density at radius 1 is 1.00 bits per heavy atom. The van der Waals surface area contributed by atoms with Crippen LogP contribution < -0.4 is 10.2 Å². The molecule has 0 aromatic heterocycles. The van der Waals surface area contributed by atoms with Crippen molar-refractivity contribution in [3.05, 3.63) is 65.2 Å². The van der Waals surface area contributed by atoms with Gasteiger partial charge >= 0.3 is 0 Å². The third kappa shape index (κ3) is 4.85. The third-order valence-electron chi connectivity index (χ3n) is 4.98. The number of rotatable bonds is 6. The Morgan fingerprint density at radius 2 is 1.72 bits per heavy atom. The highest BCUT2D eigenvalue weighted by Crippen LogP contribution is 2.20. The molecule has 132 valence electrons. The number of piperidine rings is 1. The molecule has 3 rings (SSSR count). The van der Waals surface area contributed by atoms with E-state index in [1.807, 2.05) is 31.2 Å². The molecule has 0 radical (unpaired) electrons. The van der Waals surface area contributed by atoms with Gasteiger partial charge in [-0.3, -0.25) is 4.79 Å². The van der Waals surface area contributed by atoms with Crippen LogP contribution in [0.2, 0.25) is 0 Å². The molecule has 1 aliphatic rings. The number of carbonyl (C=O) groups excluding carboxylic acids is 1. The minimum absolute atomic E-state index is 0.0264. The highest BCUT2D eigenvalue weighted by Gasteiger charge is 2.10. The second-order valence-corrected chi connectivity index (χ2v) is 6.89. The molecule has 0 unspecified atom stereocenters. The van der Waals surface area contributed by atoms with E-state index in [0.717, 1.165) is 24.0 Å². The monoisotopic (exact) mass is 336 g/mol. The van der Waals surface area contributed by atoms with Crippen molar-refractivity contribution in [3.8, 4) is 0 Å². The normalized spacial score (nSPS) is 14.4. The van der Waals surface area contributed by atoms with E-state index < -0.39 is 0 Å². The van der Waals surface area contributed by atoms with E-state index in [0.29, 0.717) is 6.54 Å². The molecule has 0 saturated carbocycles. The number of nitrogens with zero attached hydrogens (tertiary/aromatic N) is 1. The average Bonchev–Trinajstić information content (AvgIpc) is 2.66. The fourth-order valence-electron chi connectivity index (χ4n) is 3.44. The number of hydrogen-bond donors (Lipinski definition) is 1. The average molecular weight is 336 g/mol. The second kappa shape index (κ2) is 8.70. The van der Waals surface area contributed by atoms with Gasteiger partial charge in [0, 0.05) is 30.9 Å². The van der Waals surface area contributed by atoms with Crippen molar-refractivity contribution in [1.82, 2.24) is 5.32 Å². The first-order valence-corrected chi connectivity index (χ1v) is 9.42. The summed E-state index contributed by atoms with van der Waals surface area (Å²) >= 11 is 0.